The smallest absolute Gasteiger partial charge is 0.255 e. The largest absolute Gasteiger partial charge is 0.339 e. The van der Waals surface area contributed by atoms with Gasteiger partial charge in [-0.15, -0.1) is 0 Å². The van der Waals surface area contributed by atoms with Crippen LogP contribution in [0.1, 0.15) is 41.8 Å². The van der Waals surface area contributed by atoms with Crippen molar-refractivity contribution in [2.45, 2.75) is 32.2 Å². The van der Waals surface area contributed by atoms with Crippen molar-refractivity contribution in [2.75, 3.05) is 25.9 Å². The van der Waals surface area contributed by atoms with E-state index in [-0.39, 0.29) is 24.4 Å². The van der Waals surface area contributed by atoms with E-state index in [9.17, 15) is 13.2 Å². The van der Waals surface area contributed by atoms with E-state index in [1.54, 1.807) is 11.0 Å². The van der Waals surface area contributed by atoms with Crippen LogP contribution in [0.15, 0.2) is 23.0 Å². The number of hydrogen-bond acceptors (Lipinski definition) is 8. The van der Waals surface area contributed by atoms with Gasteiger partial charge >= 0.3 is 0 Å². The van der Waals surface area contributed by atoms with E-state index in [2.05, 4.69) is 20.3 Å². The van der Waals surface area contributed by atoms with Crippen molar-refractivity contribution in [3.05, 3.63) is 35.7 Å². The Bertz CT molecular complexity index is 893. The number of aromatic nitrogens is 4. The third kappa shape index (κ3) is 4.48. The van der Waals surface area contributed by atoms with Gasteiger partial charge in [0.15, 0.2) is 5.82 Å². The predicted octanol–water partition coefficient (Wildman–Crippen LogP) is 0.312. The first-order valence-electron chi connectivity index (χ1n) is 8.61. The van der Waals surface area contributed by atoms with Crippen LogP contribution in [0.25, 0.3) is 0 Å². The van der Waals surface area contributed by atoms with Crippen LogP contribution in [0, 0.1) is 0 Å². The normalized spacial score (nSPS) is 15.4. The summed E-state index contributed by atoms with van der Waals surface area (Å²) in [5.41, 5.74) is 0.433. The van der Waals surface area contributed by atoms with Crippen LogP contribution in [-0.2, 0) is 16.4 Å². The van der Waals surface area contributed by atoms with Gasteiger partial charge in [0.25, 0.3) is 5.91 Å². The average molecular weight is 394 g/mol. The lowest BCUT2D eigenvalue weighted by Gasteiger charge is -2.44. The van der Waals surface area contributed by atoms with Crippen LogP contribution in [0.4, 0.5) is 0 Å². The van der Waals surface area contributed by atoms with Gasteiger partial charge in [-0.2, -0.15) is 19.5 Å². The van der Waals surface area contributed by atoms with Gasteiger partial charge in [-0.05, 0) is 6.07 Å². The van der Waals surface area contributed by atoms with Crippen LogP contribution in [0.3, 0.4) is 0 Å². The number of amides is 1. The van der Waals surface area contributed by atoms with Crippen molar-refractivity contribution in [3.8, 4) is 0 Å². The highest BCUT2D eigenvalue weighted by molar-refractivity contribution is 7.88. The molecule has 1 amide bonds. The molecule has 0 N–H and O–H groups in total. The molecule has 2 aromatic heterocycles. The number of hydrogen-bond donors (Lipinski definition) is 0. The standard InChI is InChI=1S/C16H22N6O4S/c1-11(2)15-19-14(20-26-15)5-7-22(27(3,24)25)13-9-21(10-13)16(23)12-4-6-17-18-8-12/h4,6,8,11,13H,5,7,9-10H2,1-3H3. The zero-order chi connectivity index (χ0) is 19.6. The highest BCUT2D eigenvalue weighted by Gasteiger charge is 2.39. The Hall–Kier alpha value is -2.40. The Morgan fingerprint density at radius 2 is 2.11 bits per heavy atom. The van der Waals surface area contributed by atoms with Gasteiger partial charge in [-0.3, -0.25) is 4.79 Å². The summed E-state index contributed by atoms with van der Waals surface area (Å²) >= 11 is 0. The van der Waals surface area contributed by atoms with Crippen molar-refractivity contribution in [1.82, 2.24) is 29.5 Å². The molecule has 0 radical (unpaired) electrons. The molecule has 0 saturated carbocycles. The number of carbonyl (C=O) groups excluding carboxylic acids is 1. The summed E-state index contributed by atoms with van der Waals surface area (Å²) in [5, 5.41) is 11.2. The first-order chi connectivity index (χ1) is 12.8. The fourth-order valence-electron chi connectivity index (χ4n) is 2.84. The molecule has 0 aromatic carbocycles. The molecule has 1 aliphatic rings. The summed E-state index contributed by atoms with van der Waals surface area (Å²) < 4.78 is 30.9. The second-order valence-corrected chi connectivity index (χ2v) is 8.76. The van der Waals surface area contributed by atoms with E-state index in [4.69, 9.17) is 4.52 Å². The number of nitrogens with zero attached hydrogens (tertiary/aromatic N) is 6. The first-order valence-corrected chi connectivity index (χ1v) is 10.5. The van der Waals surface area contributed by atoms with E-state index in [1.807, 2.05) is 13.8 Å². The lowest BCUT2D eigenvalue weighted by Crippen LogP contribution is -2.62. The summed E-state index contributed by atoms with van der Waals surface area (Å²) in [6.07, 6.45) is 4.36. The molecule has 0 bridgehead atoms. The molecule has 27 heavy (non-hydrogen) atoms. The van der Waals surface area contributed by atoms with Crippen molar-refractivity contribution < 1.29 is 17.7 Å². The Morgan fingerprint density at radius 3 is 2.67 bits per heavy atom. The molecule has 11 heteroatoms. The maximum atomic E-state index is 12.3. The molecular formula is C16H22N6O4S. The van der Waals surface area contributed by atoms with Crippen LogP contribution in [-0.4, -0.2) is 75.8 Å². The molecule has 1 aliphatic heterocycles. The topological polar surface area (TPSA) is 122 Å². The van der Waals surface area contributed by atoms with E-state index in [0.29, 0.717) is 36.8 Å². The van der Waals surface area contributed by atoms with Crippen molar-refractivity contribution in [2.24, 2.45) is 0 Å². The van der Waals surface area contributed by atoms with Gasteiger partial charge in [0.05, 0.1) is 30.3 Å². The molecule has 0 atom stereocenters. The minimum Gasteiger partial charge on any atom is -0.339 e. The molecule has 0 spiro atoms. The highest BCUT2D eigenvalue weighted by Crippen LogP contribution is 2.20. The third-order valence-electron chi connectivity index (χ3n) is 4.35. The second-order valence-electron chi connectivity index (χ2n) is 6.82. The molecule has 3 heterocycles. The van der Waals surface area contributed by atoms with Gasteiger partial charge < -0.3 is 9.42 Å². The minimum atomic E-state index is -3.43. The van der Waals surface area contributed by atoms with Gasteiger partial charge in [0, 0.05) is 32.0 Å². The molecular weight excluding hydrogens is 372 g/mol. The summed E-state index contributed by atoms with van der Waals surface area (Å²) in [4.78, 5) is 18.2. The van der Waals surface area contributed by atoms with E-state index < -0.39 is 10.0 Å². The van der Waals surface area contributed by atoms with Crippen molar-refractivity contribution in [1.29, 1.82) is 0 Å². The predicted molar refractivity (Wildman–Crippen MR) is 95.4 cm³/mol. The van der Waals surface area contributed by atoms with Crippen LogP contribution in [0.2, 0.25) is 0 Å². The average Bonchev–Trinajstić information content (AvgIpc) is 3.05. The van der Waals surface area contributed by atoms with E-state index in [0.717, 1.165) is 0 Å². The van der Waals surface area contributed by atoms with Gasteiger partial charge in [0.1, 0.15) is 0 Å². The molecule has 146 valence electrons. The Labute approximate surface area is 157 Å². The molecule has 3 rings (SSSR count). The fourth-order valence-corrected chi connectivity index (χ4v) is 3.93. The van der Waals surface area contributed by atoms with E-state index in [1.165, 1.54) is 23.0 Å². The quantitative estimate of drug-likeness (QED) is 0.657. The van der Waals surface area contributed by atoms with Crippen molar-refractivity contribution >= 4 is 15.9 Å². The van der Waals surface area contributed by atoms with E-state index >= 15 is 0 Å². The molecule has 1 saturated heterocycles. The number of sulfonamides is 1. The van der Waals surface area contributed by atoms with Gasteiger partial charge in [-0.25, -0.2) is 8.42 Å². The second kappa shape index (κ2) is 7.69. The Balaban J connectivity index is 1.60. The summed E-state index contributed by atoms with van der Waals surface area (Å²) in [7, 11) is -3.43. The monoisotopic (exact) mass is 394 g/mol. The Kier molecular flexibility index (Phi) is 5.51. The SMILES string of the molecule is CC(C)c1nc(CCN(C2CN(C(=O)c3ccnnc3)C2)S(C)(=O)=O)no1. The van der Waals surface area contributed by atoms with Crippen LogP contribution >= 0.6 is 0 Å². The summed E-state index contributed by atoms with van der Waals surface area (Å²) in [5.74, 6) is 0.935. The summed E-state index contributed by atoms with van der Waals surface area (Å²) in [6, 6.07) is 1.31. The van der Waals surface area contributed by atoms with Crippen LogP contribution in [0.5, 0.6) is 0 Å². The zero-order valence-electron chi connectivity index (χ0n) is 15.4. The van der Waals surface area contributed by atoms with Crippen molar-refractivity contribution in [3.63, 3.8) is 0 Å². The molecule has 2 aromatic rings. The molecule has 0 unspecified atom stereocenters. The highest BCUT2D eigenvalue weighted by atomic mass is 32.2. The third-order valence-corrected chi connectivity index (χ3v) is 5.68. The Morgan fingerprint density at radius 1 is 1.37 bits per heavy atom. The van der Waals surface area contributed by atoms with Gasteiger partial charge in [-0.1, -0.05) is 19.0 Å². The molecule has 0 aliphatic carbocycles. The minimum absolute atomic E-state index is 0.117. The maximum absolute atomic E-state index is 12.3. The zero-order valence-corrected chi connectivity index (χ0v) is 16.3. The first kappa shape index (κ1) is 19.4. The lowest BCUT2D eigenvalue weighted by molar-refractivity contribution is 0.0453. The molecule has 1 fully saturated rings. The number of carbonyl (C=O) groups is 1. The number of likely N-dealkylation sites (tertiary alicyclic amines) is 1. The van der Waals surface area contributed by atoms with Crippen LogP contribution < -0.4 is 0 Å². The number of rotatable bonds is 7. The maximum Gasteiger partial charge on any atom is 0.255 e. The lowest BCUT2D eigenvalue weighted by atomic mass is 10.1. The fraction of sp³-hybridized carbons (Fsp3) is 0.562. The molecule has 10 nitrogen and oxygen atoms in total. The summed E-state index contributed by atoms with van der Waals surface area (Å²) in [6.45, 7) is 4.78. The van der Waals surface area contributed by atoms with Gasteiger partial charge in [0.2, 0.25) is 15.9 Å².